The van der Waals surface area contributed by atoms with E-state index in [0.717, 1.165) is 18.4 Å². The summed E-state index contributed by atoms with van der Waals surface area (Å²) < 4.78 is 28.5. The molecule has 2 atom stereocenters. The molecule has 106 valence electrons. The second-order valence-electron chi connectivity index (χ2n) is 4.64. The van der Waals surface area contributed by atoms with E-state index in [4.69, 9.17) is 5.26 Å². The highest BCUT2D eigenvalue weighted by atomic mass is 19.3. The van der Waals surface area contributed by atoms with Crippen LogP contribution in [0.2, 0.25) is 0 Å². The topological polar surface area (TPSA) is 57.7 Å². The maximum absolute atomic E-state index is 12.1. The van der Waals surface area contributed by atoms with Gasteiger partial charge in [-0.25, -0.2) is 0 Å². The quantitative estimate of drug-likeness (QED) is 0.736. The number of halogens is 2. The van der Waals surface area contributed by atoms with Gasteiger partial charge in [0.15, 0.2) is 0 Å². The van der Waals surface area contributed by atoms with Crippen LogP contribution < -0.4 is 4.74 Å². The second-order valence-corrected chi connectivity index (χ2v) is 4.64. The van der Waals surface area contributed by atoms with E-state index in [2.05, 4.69) is 21.0 Å². The maximum atomic E-state index is 12.1. The average Bonchev–Trinajstić information content (AvgIpc) is 2.88. The molecule has 1 aliphatic rings. The first kappa shape index (κ1) is 14.4. The lowest BCUT2D eigenvalue weighted by Gasteiger charge is -2.16. The predicted octanol–water partition coefficient (Wildman–Crippen LogP) is 4.10. The summed E-state index contributed by atoms with van der Waals surface area (Å²) in [6, 6.07) is 8.59. The standard InChI is InChI=1S/C14H15F2N3O/c15-14(16)20-12-6-4-10(5-7-12)13-11(9-18-19-13)3-1-2-8-17/h4-7,11,13-14H,1-3,9H2. The predicted molar refractivity (Wildman–Crippen MR) is 68.5 cm³/mol. The van der Waals surface area contributed by atoms with E-state index >= 15 is 0 Å². The number of alkyl halides is 2. The Bertz CT molecular complexity index is 496. The highest BCUT2D eigenvalue weighted by Crippen LogP contribution is 2.35. The molecule has 1 aliphatic heterocycles. The Labute approximate surface area is 116 Å². The fourth-order valence-corrected chi connectivity index (χ4v) is 2.31. The Morgan fingerprint density at radius 1 is 1.35 bits per heavy atom. The van der Waals surface area contributed by atoms with E-state index in [1.807, 2.05) is 0 Å². The van der Waals surface area contributed by atoms with E-state index in [1.165, 1.54) is 12.1 Å². The van der Waals surface area contributed by atoms with Crippen LogP contribution >= 0.6 is 0 Å². The molecule has 0 radical (unpaired) electrons. The largest absolute Gasteiger partial charge is 0.435 e. The van der Waals surface area contributed by atoms with Gasteiger partial charge in [0.05, 0.1) is 12.6 Å². The van der Waals surface area contributed by atoms with Crippen LogP contribution in [0.3, 0.4) is 0 Å². The Hall–Kier alpha value is -2.03. The zero-order valence-corrected chi connectivity index (χ0v) is 10.9. The molecule has 2 unspecified atom stereocenters. The number of nitriles is 1. The second kappa shape index (κ2) is 6.94. The van der Waals surface area contributed by atoms with Gasteiger partial charge in [-0.15, -0.1) is 0 Å². The van der Waals surface area contributed by atoms with Crippen molar-refractivity contribution in [3.05, 3.63) is 29.8 Å². The minimum atomic E-state index is -2.81. The van der Waals surface area contributed by atoms with Crippen LogP contribution in [0.1, 0.15) is 30.9 Å². The highest BCUT2D eigenvalue weighted by Gasteiger charge is 2.26. The molecule has 0 fully saturated rings. The normalized spacial score (nSPS) is 21.1. The van der Waals surface area contributed by atoms with Crippen LogP contribution in [0.25, 0.3) is 0 Å². The van der Waals surface area contributed by atoms with Crippen molar-refractivity contribution in [3.63, 3.8) is 0 Å². The lowest BCUT2D eigenvalue weighted by atomic mass is 9.90. The van der Waals surface area contributed by atoms with Gasteiger partial charge in [-0.05, 0) is 30.5 Å². The third-order valence-corrected chi connectivity index (χ3v) is 3.28. The van der Waals surface area contributed by atoms with Gasteiger partial charge in [0, 0.05) is 12.3 Å². The van der Waals surface area contributed by atoms with Gasteiger partial charge >= 0.3 is 6.61 Å². The van der Waals surface area contributed by atoms with Gasteiger partial charge in [-0.2, -0.15) is 24.3 Å². The third kappa shape index (κ3) is 3.73. The molecule has 0 saturated heterocycles. The molecular weight excluding hydrogens is 264 g/mol. The first-order valence-electron chi connectivity index (χ1n) is 6.49. The number of azo groups is 1. The molecule has 0 aromatic heterocycles. The lowest BCUT2D eigenvalue weighted by molar-refractivity contribution is -0.0498. The summed E-state index contributed by atoms with van der Waals surface area (Å²) >= 11 is 0. The zero-order valence-electron chi connectivity index (χ0n) is 10.9. The number of hydrogen-bond donors (Lipinski definition) is 0. The molecule has 4 nitrogen and oxygen atoms in total. The summed E-state index contributed by atoms with van der Waals surface area (Å²) in [7, 11) is 0. The van der Waals surface area contributed by atoms with Crippen LogP contribution in [-0.2, 0) is 0 Å². The maximum Gasteiger partial charge on any atom is 0.387 e. The number of hydrogen-bond acceptors (Lipinski definition) is 4. The van der Waals surface area contributed by atoms with Crippen LogP contribution in [0, 0.1) is 17.2 Å². The summed E-state index contributed by atoms with van der Waals surface area (Å²) in [5.41, 5.74) is 0.940. The highest BCUT2D eigenvalue weighted by molar-refractivity contribution is 5.30. The van der Waals surface area contributed by atoms with E-state index in [1.54, 1.807) is 12.1 Å². The molecule has 0 aliphatic carbocycles. The number of benzene rings is 1. The smallest absolute Gasteiger partial charge is 0.387 e. The van der Waals surface area contributed by atoms with Crippen LogP contribution in [0.15, 0.2) is 34.5 Å². The number of rotatable bonds is 6. The molecule has 1 heterocycles. The zero-order chi connectivity index (χ0) is 14.4. The van der Waals surface area contributed by atoms with E-state index < -0.39 is 6.61 Å². The lowest BCUT2D eigenvalue weighted by Crippen LogP contribution is -2.10. The molecule has 0 amide bonds. The Morgan fingerprint density at radius 3 is 2.75 bits per heavy atom. The molecule has 20 heavy (non-hydrogen) atoms. The average molecular weight is 279 g/mol. The fourth-order valence-electron chi connectivity index (χ4n) is 2.31. The number of nitrogens with zero attached hydrogens (tertiary/aromatic N) is 3. The van der Waals surface area contributed by atoms with Gasteiger partial charge in [0.25, 0.3) is 0 Å². The summed E-state index contributed by atoms with van der Waals surface area (Å²) in [6.07, 6.45) is 2.25. The molecular formula is C14H15F2N3O. The molecule has 0 bridgehead atoms. The summed E-state index contributed by atoms with van der Waals surface area (Å²) in [5.74, 6) is 0.421. The first-order valence-corrected chi connectivity index (χ1v) is 6.49. The molecule has 6 heteroatoms. The molecule has 1 aromatic carbocycles. The third-order valence-electron chi connectivity index (χ3n) is 3.28. The Kier molecular flexibility index (Phi) is 4.99. The van der Waals surface area contributed by atoms with Gasteiger partial charge in [0.2, 0.25) is 0 Å². The van der Waals surface area contributed by atoms with E-state index in [-0.39, 0.29) is 17.7 Å². The summed E-state index contributed by atoms with van der Waals surface area (Å²) in [4.78, 5) is 0. The Morgan fingerprint density at radius 2 is 2.10 bits per heavy atom. The Balaban J connectivity index is 1.99. The number of unbranched alkanes of at least 4 members (excludes halogenated alkanes) is 1. The molecule has 0 saturated carbocycles. The van der Waals surface area contributed by atoms with Crippen molar-refractivity contribution >= 4 is 0 Å². The minimum Gasteiger partial charge on any atom is -0.435 e. The van der Waals surface area contributed by atoms with Crippen molar-refractivity contribution in [2.45, 2.75) is 31.9 Å². The van der Waals surface area contributed by atoms with Gasteiger partial charge in [0.1, 0.15) is 11.8 Å². The van der Waals surface area contributed by atoms with Crippen LogP contribution in [0.4, 0.5) is 8.78 Å². The van der Waals surface area contributed by atoms with Crippen molar-refractivity contribution in [2.24, 2.45) is 16.1 Å². The molecule has 1 aromatic rings. The van der Waals surface area contributed by atoms with Gasteiger partial charge in [-0.1, -0.05) is 12.1 Å². The minimum absolute atomic E-state index is 0.0470. The van der Waals surface area contributed by atoms with Crippen LogP contribution in [0.5, 0.6) is 5.75 Å². The van der Waals surface area contributed by atoms with Gasteiger partial charge < -0.3 is 4.74 Å². The van der Waals surface area contributed by atoms with Crippen molar-refractivity contribution in [2.75, 3.05) is 6.54 Å². The monoisotopic (exact) mass is 279 g/mol. The first-order chi connectivity index (χ1) is 9.70. The van der Waals surface area contributed by atoms with Gasteiger partial charge in [-0.3, -0.25) is 0 Å². The van der Waals surface area contributed by atoms with Crippen LogP contribution in [-0.4, -0.2) is 13.2 Å². The summed E-state index contributed by atoms with van der Waals surface area (Å²) in [6.45, 7) is -2.16. The molecule has 0 spiro atoms. The van der Waals surface area contributed by atoms with E-state index in [9.17, 15) is 8.78 Å². The fraction of sp³-hybridized carbons (Fsp3) is 0.500. The van der Waals surface area contributed by atoms with Crippen molar-refractivity contribution in [1.29, 1.82) is 5.26 Å². The van der Waals surface area contributed by atoms with Crippen molar-refractivity contribution in [3.8, 4) is 11.8 Å². The molecule has 2 rings (SSSR count). The van der Waals surface area contributed by atoms with Crippen molar-refractivity contribution < 1.29 is 13.5 Å². The number of ether oxygens (including phenoxy) is 1. The summed E-state index contributed by atoms with van der Waals surface area (Å²) in [5, 5.41) is 16.8. The van der Waals surface area contributed by atoms with Crippen molar-refractivity contribution in [1.82, 2.24) is 0 Å². The SMILES string of the molecule is N#CCCCC1CN=NC1c1ccc(OC(F)F)cc1. The van der Waals surface area contributed by atoms with E-state index in [0.29, 0.717) is 13.0 Å². The molecule has 0 N–H and O–H groups in total.